The molecule has 2 heterocycles. The van der Waals surface area contributed by atoms with Gasteiger partial charge in [0, 0.05) is 23.5 Å². The van der Waals surface area contributed by atoms with Crippen molar-refractivity contribution < 1.29 is 4.79 Å². The minimum absolute atomic E-state index is 0.215. The van der Waals surface area contributed by atoms with Crippen molar-refractivity contribution in [2.75, 3.05) is 11.9 Å². The molecule has 1 aliphatic rings. The van der Waals surface area contributed by atoms with Crippen molar-refractivity contribution in [2.24, 2.45) is 0 Å². The Morgan fingerprint density at radius 1 is 1.48 bits per heavy atom. The third-order valence-corrected chi connectivity index (χ3v) is 4.64. The maximum Gasteiger partial charge on any atom is 0.320 e. The number of amides is 2. The first-order valence-electron chi connectivity index (χ1n) is 7.14. The molecule has 110 valence electrons. The monoisotopic (exact) mass is 302 g/mol. The van der Waals surface area contributed by atoms with Gasteiger partial charge in [0.25, 0.3) is 0 Å². The lowest BCUT2D eigenvalue weighted by molar-refractivity contribution is 0.251. The summed E-state index contributed by atoms with van der Waals surface area (Å²) in [5, 5.41) is 6.77. The van der Waals surface area contributed by atoms with Crippen LogP contribution in [0.25, 0.3) is 0 Å². The number of nitrogens with one attached hydrogen (secondary N) is 2. The lowest BCUT2D eigenvalue weighted by Crippen LogP contribution is -2.33. The molecule has 2 aromatic rings. The van der Waals surface area contributed by atoms with Crippen LogP contribution < -0.4 is 10.6 Å². The Morgan fingerprint density at radius 2 is 2.38 bits per heavy atom. The van der Waals surface area contributed by atoms with Crippen molar-refractivity contribution in [3.63, 3.8) is 0 Å². The Bertz CT molecular complexity index is 626. The number of urea groups is 1. The van der Waals surface area contributed by atoms with E-state index in [1.165, 1.54) is 17.0 Å². The highest BCUT2D eigenvalue weighted by Gasteiger charge is 2.24. The summed E-state index contributed by atoms with van der Waals surface area (Å²) in [6.45, 7) is 2.66. The second kappa shape index (κ2) is 6.22. The normalized spacial score (nSPS) is 17.1. The van der Waals surface area contributed by atoms with Crippen LogP contribution in [-0.2, 0) is 6.42 Å². The molecule has 2 amide bonds. The van der Waals surface area contributed by atoms with Crippen LogP contribution in [0.15, 0.2) is 24.4 Å². The molecule has 0 unspecified atom stereocenters. The summed E-state index contributed by atoms with van der Waals surface area (Å²) < 4.78 is 0. The number of thiazole rings is 1. The first-order valence-corrected chi connectivity index (χ1v) is 7.96. The first-order chi connectivity index (χ1) is 10.2. The van der Waals surface area contributed by atoms with Crippen LogP contribution in [0.5, 0.6) is 0 Å². The topological polar surface area (TPSA) is 66.9 Å². The number of anilines is 1. The van der Waals surface area contributed by atoms with E-state index in [0.717, 1.165) is 17.8 Å². The molecular weight excluding hydrogens is 284 g/mol. The van der Waals surface area contributed by atoms with Gasteiger partial charge in [-0.05, 0) is 38.3 Å². The van der Waals surface area contributed by atoms with Crippen LogP contribution in [0.1, 0.15) is 34.3 Å². The quantitative estimate of drug-likeness (QED) is 0.915. The van der Waals surface area contributed by atoms with Gasteiger partial charge in [0.2, 0.25) is 0 Å². The van der Waals surface area contributed by atoms with Crippen molar-refractivity contribution in [2.45, 2.75) is 32.1 Å². The molecule has 0 spiro atoms. The molecule has 0 aliphatic heterocycles. The SMILES string of the molecule is Cc1nc2c(s1)CCC[C@H]2CNC(=O)Nc1ccccn1. The van der Waals surface area contributed by atoms with Crippen molar-refractivity contribution >= 4 is 23.2 Å². The number of hydrogen-bond donors (Lipinski definition) is 2. The Hall–Kier alpha value is -1.95. The molecule has 5 nitrogen and oxygen atoms in total. The average Bonchev–Trinajstić information content (AvgIpc) is 2.87. The molecule has 0 bridgehead atoms. The predicted octanol–water partition coefficient (Wildman–Crippen LogP) is 3.09. The minimum atomic E-state index is -0.215. The molecule has 21 heavy (non-hydrogen) atoms. The van der Waals surface area contributed by atoms with Crippen molar-refractivity contribution in [3.05, 3.63) is 40.0 Å². The molecular formula is C15H18N4OS. The summed E-state index contributed by atoms with van der Waals surface area (Å²) >= 11 is 1.78. The van der Waals surface area contributed by atoms with Crippen molar-refractivity contribution in [1.82, 2.24) is 15.3 Å². The maximum atomic E-state index is 11.9. The third kappa shape index (κ3) is 3.39. The fourth-order valence-electron chi connectivity index (χ4n) is 2.64. The fraction of sp³-hybridized carbons (Fsp3) is 0.400. The van der Waals surface area contributed by atoms with E-state index in [1.54, 1.807) is 23.6 Å². The highest BCUT2D eigenvalue weighted by molar-refractivity contribution is 7.11. The molecule has 0 fully saturated rings. The molecule has 1 aliphatic carbocycles. The Balaban J connectivity index is 1.57. The van der Waals surface area contributed by atoms with E-state index in [-0.39, 0.29) is 6.03 Å². The van der Waals surface area contributed by atoms with Crippen LogP contribution in [-0.4, -0.2) is 22.5 Å². The van der Waals surface area contributed by atoms with E-state index < -0.39 is 0 Å². The van der Waals surface area contributed by atoms with E-state index in [4.69, 9.17) is 0 Å². The number of nitrogens with zero attached hydrogens (tertiary/aromatic N) is 2. The number of aromatic nitrogens is 2. The van der Waals surface area contributed by atoms with Gasteiger partial charge in [0.05, 0.1) is 10.7 Å². The summed E-state index contributed by atoms with van der Waals surface area (Å²) in [5.41, 5.74) is 1.18. The van der Waals surface area contributed by atoms with Gasteiger partial charge < -0.3 is 5.32 Å². The Kier molecular flexibility index (Phi) is 4.15. The highest BCUT2D eigenvalue weighted by Crippen LogP contribution is 2.34. The molecule has 0 aromatic carbocycles. The van der Waals surface area contributed by atoms with Crippen LogP contribution in [0.2, 0.25) is 0 Å². The van der Waals surface area contributed by atoms with Crippen LogP contribution in [0, 0.1) is 6.92 Å². The molecule has 3 rings (SSSR count). The largest absolute Gasteiger partial charge is 0.337 e. The number of aryl methyl sites for hydroxylation is 2. The Morgan fingerprint density at radius 3 is 3.19 bits per heavy atom. The van der Waals surface area contributed by atoms with E-state index in [1.807, 2.05) is 19.1 Å². The maximum absolute atomic E-state index is 11.9. The van der Waals surface area contributed by atoms with E-state index in [2.05, 4.69) is 20.6 Å². The first kappa shape index (κ1) is 14.0. The molecule has 0 saturated carbocycles. The third-order valence-electron chi connectivity index (χ3n) is 3.59. The molecule has 6 heteroatoms. The van der Waals surface area contributed by atoms with E-state index in [9.17, 15) is 4.79 Å². The Labute approximate surface area is 127 Å². The van der Waals surface area contributed by atoms with Gasteiger partial charge in [-0.15, -0.1) is 11.3 Å². The molecule has 0 radical (unpaired) electrons. The molecule has 1 atom stereocenters. The summed E-state index contributed by atoms with van der Waals surface area (Å²) in [6.07, 6.45) is 5.03. The van der Waals surface area contributed by atoms with Crippen LogP contribution in [0.3, 0.4) is 0 Å². The van der Waals surface area contributed by atoms with Gasteiger partial charge in [0.1, 0.15) is 5.82 Å². The van der Waals surface area contributed by atoms with Gasteiger partial charge in [-0.3, -0.25) is 5.32 Å². The average molecular weight is 302 g/mol. The van der Waals surface area contributed by atoms with Crippen molar-refractivity contribution in [1.29, 1.82) is 0 Å². The van der Waals surface area contributed by atoms with Gasteiger partial charge in [0.15, 0.2) is 0 Å². The van der Waals surface area contributed by atoms with Gasteiger partial charge in [-0.25, -0.2) is 14.8 Å². The standard InChI is InChI=1S/C15H18N4OS/c1-10-18-14-11(5-4-6-12(14)21-10)9-17-15(20)19-13-7-2-3-8-16-13/h2-3,7-8,11H,4-6,9H2,1H3,(H2,16,17,19,20)/t11-/m0/s1. The zero-order valence-electron chi connectivity index (χ0n) is 11.9. The highest BCUT2D eigenvalue weighted by atomic mass is 32.1. The predicted molar refractivity (Wildman–Crippen MR) is 83.8 cm³/mol. The van der Waals surface area contributed by atoms with Crippen LogP contribution in [0.4, 0.5) is 10.6 Å². The summed E-state index contributed by atoms with van der Waals surface area (Å²) in [6, 6.07) is 5.21. The molecule has 2 aromatic heterocycles. The molecule has 0 saturated heterocycles. The second-order valence-corrected chi connectivity index (χ2v) is 6.47. The zero-order chi connectivity index (χ0) is 14.7. The summed E-state index contributed by atoms with van der Waals surface area (Å²) in [4.78, 5) is 22.0. The number of carbonyl (C=O) groups excluding carboxylic acids is 1. The van der Waals surface area contributed by atoms with Crippen LogP contribution >= 0.6 is 11.3 Å². The summed E-state index contributed by atoms with van der Waals surface area (Å²) in [5.74, 6) is 0.886. The smallest absolute Gasteiger partial charge is 0.320 e. The van der Waals surface area contributed by atoms with Crippen molar-refractivity contribution in [3.8, 4) is 0 Å². The number of hydrogen-bond acceptors (Lipinski definition) is 4. The van der Waals surface area contributed by atoms with Gasteiger partial charge in [-0.1, -0.05) is 6.07 Å². The fourth-order valence-corrected chi connectivity index (χ4v) is 3.70. The number of rotatable bonds is 3. The van der Waals surface area contributed by atoms with Gasteiger partial charge >= 0.3 is 6.03 Å². The number of pyridine rings is 1. The lowest BCUT2D eigenvalue weighted by atomic mass is 9.91. The second-order valence-electron chi connectivity index (χ2n) is 5.18. The molecule has 2 N–H and O–H groups in total. The zero-order valence-corrected chi connectivity index (χ0v) is 12.7. The summed E-state index contributed by atoms with van der Waals surface area (Å²) in [7, 11) is 0. The van der Waals surface area contributed by atoms with E-state index >= 15 is 0 Å². The van der Waals surface area contributed by atoms with E-state index in [0.29, 0.717) is 18.3 Å². The number of carbonyl (C=O) groups is 1. The van der Waals surface area contributed by atoms with Gasteiger partial charge in [-0.2, -0.15) is 0 Å². The number of fused-ring (bicyclic) bond motifs is 1. The lowest BCUT2D eigenvalue weighted by Gasteiger charge is -2.21. The minimum Gasteiger partial charge on any atom is -0.337 e.